The van der Waals surface area contributed by atoms with Crippen molar-refractivity contribution in [1.29, 1.82) is 0 Å². The molecule has 2 aromatic rings. The number of nitrogens with zero attached hydrogens (tertiary/aromatic N) is 1. The maximum absolute atomic E-state index is 5.38. The lowest BCUT2D eigenvalue weighted by Crippen LogP contribution is -2.12. The highest BCUT2D eigenvalue weighted by Crippen LogP contribution is 2.31. The fraction of sp³-hybridized carbons (Fsp3) is 0.533. The molecule has 2 aromatic heterocycles. The molecule has 104 valence electrons. The van der Waals surface area contributed by atoms with Gasteiger partial charge in [-0.15, -0.1) is 11.3 Å². The van der Waals surface area contributed by atoms with E-state index in [1.807, 2.05) is 13.0 Å². The van der Waals surface area contributed by atoms with Gasteiger partial charge in [-0.25, -0.2) is 4.98 Å². The fourth-order valence-corrected chi connectivity index (χ4v) is 3.16. The third-order valence-electron chi connectivity index (χ3n) is 3.00. The zero-order chi connectivity index (χ0) is 13.8. The molecule has 0 atom stereocenters. The van der Waals surface area contributed by atoms with E-state index < -0.39 is 0 Å². The minimum Gasteiger partial charge on any atom is -0.469 e. The molecule has 2 heterocycles. The van der Waals surface area contributed by atoms with E-state index >= 15 is 0 Å². The summed E-state index contributed by atoms with van der Waals surface area (Å²) in [4.78, 5) is 6.18. The van der Waals surface area contributed by atoms with Crippen LogP contribution >= 0.6 is 11.3 Å². The molecule has 3 nitrogen and oxygen atoms in total. The normalized spacial score (nSPS) is 11.4. The average Bonchev–Trinajstić information content (AvgIpc) is 2.92. The molecule has 0 fully saturated rings. The Morgan fingerprint density at radius 3 is 2.79 bits per heavy atom. The first kappa shape index (κ1) is 14.3. The van der Waals surface area contributed by atoms with E-state index in [1.54, 1.807) is 17.6 Å². The van der Waals surface area contributed by atoms with E-state index in [-0.39, 0.29) is 0 Å². The van der Waals surface area contributed by atoms with Crippen molar-refractivity contribution in [2.45, 2.75) is 40.7 Å². The number of hydrogen-bond acceptors (Lipinski definition) is 4. The average molecular weight is 278 g/mol. The molecule has 1 N–H and O–H groups in total. The van der Waals surface area contributed by atoms with Gasteiger partial charge in [-0.1, -0.05) is 20.8 Å². The number of hydrogen-bond donors (Lipinski definition) is 1. The molecule has 0 aromatic carbocycles. The highest BCUT2D eigenvalue weighted by Gasteiger charge is 2.15. The smallest absolute Gasteiger partial charge is 0.127 e. The minimum absolute atomic E-state index is 0.626. The molecule has 0 spiro atoms. The van der Waals surface area contributed by atoms with Gasteiger partial charge in [0.25, 0.3) is 0 Å². The second-order valence-corrected chi connectivity index (χ2v) is 6.24. The van der Waals surface area contributed by atoms with Crippen molar-refractivity contribution in [3.05, 3.63) is 28.7 Å². The number of aromatic nitrogens is 1. The van der Waals surface area contributed by atoms with Crippen LogP contribution in [0.2, 0.25) is 0 Å². The van der Waals surface area contributed by atoms with Crippen molar-refractivity contribution in [1.82, 2.24) is 10.3 Å². The third kappa shape index (κ3) is 3.45. The van der Waals surface area contributed by atoms with Gasteiger partial charge < -0.3 is 9.73 Å². The van der Waals surface area contributed by atoms with Gasteiger partial charge in [-0.05, 0) is 31.9 Å². The van der Waals surface area contributed by atoms with Crippen LogP contribution in [0.25, 0.3) is 10.6 Å². The minimum atomic E-state index is 0.626. The van der Waals surface area contributed by atoms with E-state index in [9.17, 15) is 0 Å². The van der Waals surface area contributed by atoms with Crippen molar-refractivity contribution < 1.29 is 4.42 Å². The standard InChI is InChI=1S/C15H22N2OS/c1-5-16-9-14-13(8-10(2)3)17-15(19-14)12-6-7-18-11(12)4/h6-7,10,16H,5,8-9H2,1-4H3. The second-order valence-electron chi connectivity index (χ2n) is 5.16. The number of furan rings is 1. The highest BCUT2D eigenvalue weighted by atomic mass is 32.1. The van der Waals surface area contributed by atoms with Crippen molar-refractivity contribution in [3.8, 4) is 10.6 Å². The summed E-state index contributed by atoms with van der Waals surface area (Å²) >= 11 is 1.78. The van der Waals surface area contributed by atoms with Crippen LogP contribution in [0.15, 0.2) is 16.7 Å². The lowest BCUT2D eigenvalue weighted by atomic mass is 10.1. The van der Waals surface area contributed by atoms with Crippen LogP contribution < -0.4 is 5.32 Å². The quantitative estimate of drug-likeness (QED) is 0.867. The fourth-order valence-electron chi connectivity index (χ4n) is 2.03. The third-order valence-corrected chi connectivity index (χ3v) is 4.14. The Hall–Kier alpha value is -1.13. The molecule has 0 amide bonds. The summed E-state index contributed by atoms with van der Waals surface area (Å²) in [7, 11) is 0. The molecule has 0 radical (unpaired) electrons. The SMILES string of the molecule is CCNCc1sc(-c2ccoc2C)nc1CC(C)C. The van der Waals surface area contributed by atoms with Crippen LogP contribution in [0.4, 0.5) is 0 Å². The van der Waals surface area contributed by atoms with Gasteiger partial charge in [0.1, 0.15) is 10.8 Å². The molecule has 0 bridgehead atoms. The Morgan fingerprint density at radius 1 is 1.42 bits per heavy atom. The Bertz CT molecular complexity index is 528. The molecule has 19 heavy (non-hydrogen) atoms. The summed E-state index contributed by atoms with van der Waals surface area (Å²) in [5.41, 5.74) is 2.36. The van der Waals surface area contributed by atoms with E-state index in [2.05, 4.69) is 26.1 Å². The van der Waals surface area contributed by atoms with E-state index in [0.717, 1.165) is 35.8 Å². The second kappa shape index (κ2) is 6.35. The number of aryl methyl sites for hydroxylation is 1. The number of nitrogens with one attached hydrogen (secondary N) is 1. The Kier molecular flexibility index (Phi) is 4.77. The predicted molar refractivity (Wildman–Crippen MR) is 80.5 cm³/mol. The van der Waals surface area contributed by atoms with Gasteiger partial charge in [0.2, 0.25) is 0 Å². The molecule has 2 rings (SSSR count). The first-order valence-corrected chi connectivity index (χ1v) is 7.67. The summed E-state index contributed by atoms with van der Waals surface area (Å²) in [6, 6.07) is 2.00. The summed E-state index contributed by atoms with van der Waals surface area (Å²) in [6.45, 7) is 10.5. The van der Waals surface area contributed by atoms with E-state index in [0.29, 0.717) is 5.92 Å². The van der Waals surface area contributed by atoms with Crippen LogP contribution in [0.3, 0.4) is 0 Å². The lowest BCUT2D eigenvalue weighted by Gasteiger charge is -2.04. The maximum Gasteiger partial charge on any atom is 0.127 e. The lowest BCUT2D eigenvalue weighted by molar-refractivity contribution is 0.535. The summed E-state index contributed by atoms with van der Waals surface area (Å²) < 4.78 is 5.38. The Labute approximate surface area is 119 Å². The molecule has 4 heteroatoms. The molecule has 0 unspecified atom stereocenters. The van der Waals surface area contributed by atoms with Crippen molar-refractivity contribution >= 4 is 11.3 Å². The van der Waals surface area contributed by atoms with E-state index in [1.165, 1.54) is 10.6 Å². The van der Waals surface area contributed by atoms with Gasteiger partial charge in [0.05, 0.1) is 17.5 Å². The Morgan fingerprint density at radius 2 is 2.21 bits per heavy atom. The number of thiazole rings is 1. The van der Waals surface area contributed by atoms with Gasteiger partial charge in [-0.3, -0.25) is 0 Å². The van der Waals surface area contributed by atoms with Crippen molar-refractivity contribution in [2.24, 2.45) is 5.92 Å². The van der Waals surface area contributed by atoms with Crippen molar-refractivity contribution in [2.75, 3.05) is 6.54 Å². The largest absolute Gasteiger partial charge is 0.469 e. The molecule has 0 saturated heterocycles. The monoisotopic (exact) mass is 278 g/mol. The Balaban J connectivity index is 2.31. The van der Waals surface area contributed by atoms with Crippen LogP contribution in [0.5, 0.6) is 0 Å². The van der Waals surface area contributed by atoms with Gasteiger partial charge in [0.15, 0.2) is 0 Å². The maximum atomic E-state index is 5.38. The van der Waals surface area contributed by atoms with Crippen LogP contribution in [-0.4, -0.2) is 11.5 Å². The summed E-state index contributed by atoms with van der Waals surface area (Å²) in [5.74, 6) is 1.57. The van der Waals surface area contributed by atoms with Crippen LogP contribution in [0.1, 0.15) is 37.1 Å². The van der Waals surface area contributed by atoms with Gasteiger partial charge >= 0.3 is 0 Å². The zero-order valence-electron chi connectivity index (χ0n) is 12.1. The first-order valence-electron chi connectivity index (χ1n) is 6.85. The van der Waals surface area contributed by atoms with Crippen LogP contribution in [0, 0.1) is 12.8 Å². The molecular weight excluding hydrogens is 256 g/mol. The molecular formula is C15H22N2OS. The van der Waals surface area contributed by atoms with E-state index in [4.69, 9.17) is 9.40 Å². The topological polar surface area (TPSA) is 38.1 Å². The van der Waals surface area contributed by atoms with Gasteiger partial charge in [-0.2, -0.15) is 0 Å². The zero-order valence-corrected chi connectivity index (χ0v) is 12.9. The predicted octanol–water partition coefficient (Wildman–Crippen LogP) is 4.02. The van der Waals surface area contributed by atoms with Crippen molar-refractivity contribution in [3.63, 3.8) is 0 Å². The number of rotatable bonds is 6. The molecule has 0 aliphatic rings. The molecule has 0 aliphatic carbocycles. The summed E-state index contributed by atoms with van der Waals surface area (Å²) in [6.07, 6.45) is 2.77. The van der Waals surface area contributed by atoms with Crippen LogP contribution in [-0.2, 0) is 13.0 Å². The molecule has 0 saturated carbocycles. The molecule has 0 aliphatic heterocycles. The first-order chi connectivity index (χ1) is 9.11. The summed E-state index contributed by atoms with van der Waals surface area (Å²) in [5, 5.41) is 4.48. The highest BCUT2D eigenvalue weighted by molar-refractivity contribution is 7.15. The van der Waals surface area contributed by atoms with Gasteiger partial charge in [0, 0.05) is 11.4 Å².